The van der Waals surface area contributed by atoms with Gasteiger partial charge in [-0.15, -0.1) is 11.3 Å². The maximum Gasteiger partial charge on any atom is 0.258 e. The van der Waals surface area contributed by atoms with E-state index in [-0.39, 0.29) is 18.0 Å². The van der Waals surface area contributed by atoms with E-state index in [1.165, 1.54) is 11.3 Å². The maximum atomic E-state index is 12.5. The number of H-pyrrole nitrogens is 1. The number of carbonyl (C=O) groups excluding carboxylic acids is 1. The lowest BCUT2D eigenvalue weighted by Gasteiger charge is -2.15. The second-order valence-electron chi connectivity index (χ2n) is 7.36. The molecule has 9 nitrogen and oxygen atoms in total. The number of amides is 1. The fourth-order valence-electron chi connectivity index (χ4n) is 3.38. The average Bonchev–Trinajstić information content (AvgIpc) is 3.26. The molecule has 0 unspecified atom stereocenters. The van der Waals surface area contributed by atoms with Crippen LogP contribution in [0.25, 0.3) is 22.2 Å². The molecule has 4 rings (SSSR count). The van der Waals surface area contributed by atoms with E-state index in [0.29, 0.717) is 39.9 Å². The van der Waals surface area contributed by atoms with E-state index in [9.17, 15) is 9.59 Å². The topological polar surface area (TPSA) is 109 Å². The third-order valence-corrected chi connectivity index (χ3v) is 5.68. The molecule has 4 aromatic rings. The first-order valence-electron chi connectivity index (χ1n) is 10.1. The number of hydrogen-bond donors (Lipinski definition) is 2. The highest BCUT2D eigenvalue weighted by atomic mass is 32.1. The minimum atomic E-state index is -0.214. The van der Waals surface area contributed by atoms with Crippen molar-refractivity contribution in [3.63, 3.8) is 0 Å². The molecule has 2 heterocycles. The van der Waals surface area contributed by atoms with Crippen LogP contribution in [0.4, 0.5) is 5.13 Å². The van der Waals surface area contributed by atoms with Gasteiger partial charge in [-0.2, -0.15) is 0 Å². The number of fused-ring (bicyclic) bond motifs is 1. The van der Waals surface area contributed by atoms with Crippen molar-refractivity contribution >= 4 is 33.3 Å². The van der Waals surface area contributed by atoms with E-state index in [4.69, 9.17) is 9.47 Å². The van der Waals surface area contributed by atoms with Crippen molar-refractivity contribution in [1.29, 1.82) is 0 Å². The number of nitrogens with one attached hydrogen (secondary N) is 2. The van der Waals surface area contributed by atoms with Gasteiger partial charge in [-0.1, -0.05) is 12.1 Å². The monoisotopic (exact) mass is 465 g/mol. The van der Waals surface area contributed by atoms with Gasteiger partial charge in [0, 0.05) is 10.9 Å². The second kappa shape index (κ2) is 9.80. The second-order valence-corrected chi connectivity index (χ2v) is 8.22. The van der Waals surface area contributed by atoms with E-state index >= 15 is 0 Å². The normalized spacial score (nSPS) is 11.0. The molecule has 2 aromatic carbocycles. The number of likely N-dealkylation sites (N-methyl/N-ethyl adjacent to an activating group) is 1. The Bertz CT molecular complexity index is 1350. The number of hydrogen-bond acceptors (Lipinski definition) is 8. The third kappa shape index (κ3) is 5.18. The Labute approximate surface area is 194 Å². The van der Waals surface area contributed by atoms with Crippen molar-refractivity contribution in [2.75, 3.05) is 33.1 Å². The summed E-state index contributed by atoms with van der Waals surface area (Å²) >= 11 is 1.34. The molecule has 1 amide bonds. The van der Waals surface area contributed by atoms with Crippen LogP contribution in [0.5, 0.6) is 11.5 Å². The number of nitrogens with zero attached hydrogens (tertiary/aromatic N) is 3. The summed E-state index contributed by atoms with van der Waals surface area (Å²) in [4.78, 5) is 38.2. The number of aromatic amines is 1. The maximum absolute atomic E-state index is 12.5. The van der Waals surface area contributed by atoms with Crippen LogP contribution in [0, 0.1) is 0 Å². The molecule has 0 spiro atoms. The molecule has 0 saturated heterocycles. The summed E-state index contributed by atoms with van der Waals surface area (Å²) in [5.41, 5.74) is 2.01. The largest absolute Gasteiger partial charge is 0.493 e. The van der Waals surface area contributed by atoms with Gasteiger partial charge < -0.3 is 19.8 Å². The molecular weight excluding hydrogens is 442 g/mol. The van der Waals surface area contributed by atoms with Gasteiger partial charge >= 0.3 is 0 Å². The Morgan fingerprint density at radius 3 is 2.70 bits per heavy atom. The van der Waals surface area contributed by atoms with Crippen molar-refractivity contribution in [3.05, 3.63) is 64.0 Å². The smallest absolute Gasteiger partial charge is 0.258 e. The lowest BCUT2D eigenvalue weighted by molar-refractivity contribution is -0.117. The van der Waals surface area contributed by atoms with Crippen LogP contribution in [0.15, 0.2) is 52.6 Å². The molecule has 0 radical (unpaired) electrons. The molecular formula is C23H23N5O4S. The minimum Gasteiger partial charge on any atom is -0.493 e. The molecule has 0 fully saturated rings. The van der Waals surface area contributed by atoms with Crippen LogP contribution in [0.1, 0.15) is 5.82 Å². The van der Waals surface area contributed by atoms with Crippen LogP contribution in [0.3, 0.4) is 0 Å². The quantitative estimate of drug-likeness (QED) is 0.411. The molecule has 33 heavy (non-hydrogen) atoms. The molecule has 0 aliphatic rings. The first kappa shape index (κ1) is 22.4. The van der Waals surface area contributed by atoms with Crippen LogP contribution in [-0.2, 0) is 11.3 Å². The van der Waals surface area contributed by atoms with Gasteiger partial charge in [-0.3, -0.25) is 14.5 Å². The Balaban J connectivity index is 1.38. The molecule has 0 bridgehead atoms. The Morgan fingerprint density at radius 2 is 1.91 bits per heavy atom. The van der Waals surface area contributed by atoms with Crippen LogP contribution in [-0.4, -0.2) is 53.6 Å². The Morgan fingerprint density at radius 1 is 1.12 bits per heavy atom. The average molecular weight is 466 g/mol. The Hall–Kier alpha value is -3.76. The predicted octanol–water partition coefficient (Wildman–Crippen LogP) is 3.13. The lowest BCUT2D eigenvalue weighted by atomic mass is 10.1. The molecule has 0 aliphatic carbocycles. The van der Waals surface area contributed by atoms with Crippen molar-refractivity contribution in [2.45, 2.75) is 6.54 Å². The van der Waals surface area contributed by atoms with Gasteiger partial charge in [-0.25, -0.2) is 9.97 Å². The molecule has 10 heteroatoms. The van der Waals surface area contributed by atoms with Crippen LogP contribution in [0.2, 0.25) is 0 Å². The van der Waals surface area contributed by atoms with Gasteiger partial charge in [0.25, 0.3) is 5.56 Å². The van der Waals surface area contributed by atoms with Gasteiger partial charge in [0.1, 0.15) is 5.82 Å². The van der Waals surface area contributed by atoms with Crippen molar-refractivity contribution in [1.82, 2.24) is 19.9 Å². The number of thiazole rings is 1. The van der Waals surface area contributed by atoms with Crippen molar-refractivity contribution in [3.8, 4) is 22.8 Å². The van der Waals surface area contributed by atoms with E-state index in [1.54, 1.807) is 44.4 Å². The summed E-state index contributed by atoms with van der Waals surface area (Å²) in [5.74, 6) is 1.53. The highest BCUT2D eigenvalue weighted by molar-refractivity contribution is 7.14. The van der Waals surface area contributed by atoms with Crippen molar-refractivity contribution < 1.29 is 14.3 Å². The summed E-state index contributed by atoms with van der Waals surface area (Å²) in [6.07, 6.45) is 0. The summed E-state index contributed by atoms with van der Waals surface area (Å²) in [5, 5.41) is 5.72. The molecule has 2 N–H and O–H groups in total. The van der Waals surface area contributed by atoms with Crippen LogP contribution < -0.4 is 20.3 Å². The van der Waals surface area contributed by atoms with Crippen LogP contribution >= 0.6 is 11.3 Å². The number of carbonyl (C=O) groups is 1. The first-order valence-corrected chi connectivity index (χ1v) is 11.0. The number of aromatic nitrogens is 3. The zero-order valence-corrected chi connectivity index (χ0v) is 19.2. The molecule has 170 valence electrons. The fourth-order valence-corrected chi connectivity index (χ4v) is 4.12. The zero-order valence-electron chi connectivity index (χ0n) is 18.4. The Kier molecular flexibility index (Phi) is 6.66. The van der Waals surface area contributed by atoms with E-state index in [1.807, 2.05) is 29.6 Å². The standard InChI is InChI=1S/C23H23N5O4S/c1-28(11-20-24-16-7-5-4-6-15(16)22(30)26-20)12-21(29)27-23-25-17(13-33-23)14-8-9-18(31-2)19(10-14)32-3/h4-10,13H,11-12H2,1-3H3,(H,24,26,30)(H,25,27,29). The number of benzene rings is 2. The molecule has 2 aromatic heterocycles. The van der Waals surface area contributed by atoms with E-state index in [0.717, 1.165) is 11.3 Å². The van der Waals surface area contributed by atoms with E-state index < -0.39 is 0 Å². The summed E-state index contributed by atoms with van der Waals surface area (Å²) < 4.78 is 10.6. The lowest BCUT2D eigenvalue weighted by Crippen LogP contribution is -2.31. The molecule has 0 saturated carbocycles. The van der Waals surface area contributed by atoms with Crippen molar-refractivity contribution in [2.24, 2.45) is 0 Å². The molecule has 0 atom stereocenters. The number of methoxy groups -OCH3 is 2. The van der Waals surface area contributed by atoms with Gasteiger partial charge in [0.15, 0.2) is 16.6 Å². The number of ether oxygens (including phenoxy) is 2. The zero-order chi connectivity index (χ0) is 23.4. The predicted molar refractivity (Wildman–Crippen MR) is 128 cm³/mol. The molecule has 0 aliphatic heterocycles. The summed E-state index contributed by atoms with van der Waals surface area (Å²) in [6, 6.07) is 12.7. The third-order valence-electron chi connectivity index (χ3n) is 4.92. The SMILES string of the molecule is COc1ccc(-c2csc(NC(=O)CN(C)Cc3nc4ccccc4c(=O)[nH]3)n2)cc1OC. The number of para-hydroxylation sites is 1. The summed E-state index contributed by atoms with van der Waals surface area (Å²) in [7, 11) is 4.94. The van der Waals surface area contributed by atoms with Gasteiger partial charge in [0.05, 0.1) is 43.9 Å². The summed E-state index contributed by atoms with van der Waals surface area (Å²) in [6.45, 7) is 0.435. The van der Waals surface area contributed by atoms with Gasteiger partial charge in [0.2, 0.25) is 5.91 Å². The minimum absolute atomic E-state index is 0.113. The highest BCUT2D eigenvalue weighted by Crippen LogP contribution is 2.33. The van der Waals surface area contributed by atoms with Gasteiger partial charge in [-0.05, 0) is 37.4 Å². The fraction of sp³-hybridized carbons (Fsp3) is 0.217. The van der Waals surface area contributed by atoms with E-state index in [2.05, 4.69) is 20.3 Å². The number of anilines is 1. The highest BCUT2D eigenvalue weighted by Gasteiger charge is 2.13. The first-order chi connectivity index (χ1) is 16.0. The number of rotatable bonds is 8.